The van der Waals surface area contributed by atoms with E-state index < -0.39 is 18.1 Å². The average molecular weight is 214 g/mol. The normalized spacial score (nSPS) is 9.43. The first-order valence-corrected chi connectivity index (χ1v) is 3.35. The number of aliphatic carboxylic acids is 1. The molecule has 14 heavy (non-hydrogen) atoms. The highest BCUT2D eigenvalue weighted by molar-refractivity contribution is 5.78. The number of halogens is 3. The Hall–Kier alpha value is -1.53. The highest BCUT2D eigenvalue weighted by Gasteiger charge is 2.40. The van der Waals surface area contributed by atoms with Gasteiger partial charge < -0.3 is 9.84 Å². The van der Waals surface area contributed by atoms with Crippen LogP contribution in [0, 0.1) is 0 Å². The lowest BCUT2D eigenvalue weighted by molar-refractivity contribution is -0.199. The van der Waals surface area contributed by atoms with Crippen LogP contribution in [0.25, 0.3) is 0 Å². The molecule has 0 spiro atoms. The molecule has 0 aliphatic heterocycles. The van der Waals surface area contributed by atoms with Crippen LogP contribution in [0.1, 0.15) is 6.92 Å². The number of ether oxygens (including phenoxy) is 1. The van der Waals surface area contributed by atoms with Crippen molar-refractivity contribution < 1.29 is 32.6 Å². The Morgan fingerprint density at radius 2 is 1.86 bits per heavy atom. The van der Waals surface area contributed by atoms with Gasteiger partial charge in [0.15, 0.2) is 0 Å². The van der Waals surface area contributed by atoms with Crippen molar-refractivity contribution in [1.29, 1.82) is 0 Å². The van der Waals surface area contributed by atoms with Gasteiger partial charge in [0, 0.05) is 6.08 Å². The predicted molar refractivity (Wildman–Crippen MR) is 40.5 cm³/mol. The number of alkyl halides is 3. The Bertz CT molecular complexity index is 209. The Morgan fingerprint density at radius 3 is 1.93 bits per heavy atom. The van der Waals surface area contributed by atoms with E-state index in [2.05, 4.69) is 11.3 Å². The van der Waals surface area contributed by atoms with Crippen molar-refractivity contribution >= 4 is 11.9 Å². The Morgan fingerprint density at radius 1 is 1.50 bits per heavy atom. The van der Waals surface area contributed by atoms with E-state index >= 15 is 0 Å². The van der Waals surface area contributed by atoms with Crippen molar-refractivity contribution in [2.45, 2.75) is 13.1 Å². The zero-order valence-electron chi connectivity index (χ0n) is 7.30. The molecule has 0 radical (unpaired) electrons. The summed E-state index contributed by atoms with van der Waals surface area (Å²) in [5.41, 5.74) is 0. The lowest BCUT2D eigenvalue weighted by Crippen LogP contribution is -2.25. The van der Waals surface area contributed by atoms with Crippen LogP contribution < -0.4 is 0 Å². The summed E-state index contributed by atoms with van der Waals surface area (Å²) in [4.78, 5) is 19.0. The first-order valence-electron chi connectivity index (χ1n) is 3.35. The molecule has 0 saturated carbocycles. The molecule has 0 amide bonds. The van der Waals surface area contributed by atoms with E-state index in [1.165, 1.54) is 6.92 Å². The summed E-state index contributed by atoms with van der Waals surface area (Å²) in [5.74, 6) is -3.12. The Labute approximate surface area is 78.0 Å². The number of hydrogen-bond donors (Lipinski definition) is 1. The average Bonchev–Trinajstić information content (AvgIpc) is 2.04. The molecular formula is C7H9F3O4. The highest BCUT2D eigenvalue weighted by atomic mass is 19.4. The second-order valence-electron chi connectivity index (χ2n) is 1.76. The molecule has 0 aromatic heterocycles. The molecule has 82 valence electrons. The maximum Gasteiger partial charge on any atom is 0.490 e. The van der Waals surface area contributed by atoms with Crippen molar-refractivity contribution in [3.05, 3.63) is 12.7 Å². The molecular weight excluding hydrogens is 205 g/mol. The minimum absolute atomic E-state index is 0.252. The largest absolute Gasteiger partial charge is 0.490 e. The van der Waals surface area contributed by atoms with Gasteiger partial charge in [-0.05, 0) is 6.92 Å². The molecule has 0 heterocycles. The third-order valence-corrected chi connectivity index (χ3v) is 0.682. The summed E-state index contributed by atoms with van der Waals surface area (Å²) in [6.45, 7) is 4.02. The second-order valence-corrected chi connectivity index (χ2v) is 1.76. The number of carboxylic acid groups (broad SMARTS) is 1. The molecule has 0 aliphatic rings. The number of carbonyl (C=O) groups excluding carboxylic acids is 1. The Kier molecular flexibility index (Phi) is 7.41. The molecule has 0 saturated heterocycles. The second kappa shape index (κ2) is 6.93. The monoisotopic (exact) mass is 214 g/mol. The van der Waals surface area contributed by atoms with Gasteiger partial charge >= 0.3 is 18.1 Å². The number of carbonyl (C=O) groups is 2. The number of esters is 1. The lowest BCUT2D eigenvalue weighted by Gasteiger charge is -2.02. The number of carboxylic acids is 1. The van der Waals surface area contributed by atoms with E-state index in [1.54, 1.807) is 0 Å². The van der Waals surface area contributed by atoms with Crippen molar-refractivity contribution in [2.24, 2.45) is 0 Å². The van der Waals surface area contributed by atoms with Crippen LogP contribution in [-0.4, -0.2) is 29.8 Å². The fourth-order valence-electron chi connectivity index (χ4n) is 0.213. The predicted octanol–water partition coefficient (Wildman–Crippen LogP) is 1.37. The van der Waals surface area contributed by atoms with Gasteiger partial charge in [0.1, 0.15) is 0 Å². The van der Waals surface area contributed by atoms with Crippen LogP contribution in [0.4, 0.5) is 13.2 Å². The summed E-state index contributed by atoms with van der Waals surface area (Å²) in [6, 6.07) is 0. The first-order chi connectivity index (χ1) is 6.25. The number of rotatable bonds is 2. The lowest BCUT2D eigenvalue weighted by atomic mass is 10.7. The molecule has 0 unspecified atom stereocenters. The van der Waals surface area contributed by atoms with Crippen LogP contribution in [-0.2, 0) is 14.3 Å². The molecule has 0 aliphatic carbocycles. The molecule has 0 aromatic rings. The smallest absolute Gasteiger partial charge is 0.478 e. The van der Waals surface area contributed by atoms with Gasteiger partial charge in [0.2, 0.25) is 0 Å². The van der Waals surface area contributed by atoms with E-state index in [9.17, 15) is 22.8 Å². The summed E-state index contributed by atoms with van der Waals surface area (Å²) >= 11 is 0. The molecule has 4 nitrogen and oxygen atoms in total. The fraction of sp³-hybridized carbons (Fsp3) is 0.429. The molecule has 0 fully saturated rings. The standard InChI is InChI=1S/C4H5F3O2.C3H4O2/c1-2-9-3(8)4(5,6)7;1-2-3(4)5/h2H2,1H3;2H,1H2,(H,4,5). The number of hydrogen-bond acceptors (Lipinski definition) is 3. The Balaban J connectivity index is 0. The topological polar surface area (TPSA) is 63.6 Å². The van der Waals surface area contributed by atoms with Gasteiger partial charge in [0.25, 0.3) is 0 Å². The fourth-order valence-corrected chi connectivity index (χ4v) is 0.213. The summed E-state index contributed by atoms with van der Waals surface area (Å²) < 4.78 is 37.1. The molecule has 1 N–H and O–H groups in total. The van der Waals surface area contributed by atoms with Gasteiger partial charge in [0.05, 0.1) is 6.61 Å². The van der Waals surface area contributed by atoms with Crippen LogP contribution in [0.5, 0.6) is 0 Å². The minimum Gasteiger partial charge on any atom is -0.478 e. The maximum absolute atomic E-state index is 11.2. The SMILES string of the molecule is C=CC(=O)O.CCOC(=O)C(F)(F)F. The molecule has 0 atom stereocenters. The molecule has 0 rings (SSSR count). The van der Waals surface area contributed by atoms with Crippen LogP contribution in [0.2, 0.25) is 0 Å². The zero-order chi connectivity index (χ0) is 11.8. The molecule has 7 heteroatoms. The maximum atomic E-state index is 11.2. The zero-order valence-corrected chi connectivity index (χ0v) is 7.30. The highest BCUT2D eigenvalue weighted by Crippen LogP contribution is 2.15. The van der Waals surface area contributed by atoms with E-state index in [4.69, 9.17) is 5.11 Å². The van der Waals surface area contributed by atoms with Crippen LogP contribution >= 0.6 is 0 Å². The van der Waals surface area contributed by atoms with E-state index in [0.29, 0.717) is 0 Å². The van der Waals surface area contributed by atoms with Crippen LogP contribution in [0.3, 0.4) is 0 Å². The minimum atomic E-state index is -4.85. The van der Waals surface area contributed by atoms with E-state index in [1.807, 2.05) is 0 Å². The van der Waals surface area contributed by atoms with Crippen molar-refractivity contribution in [3.63, 3.8) is 0 Å². The molecule has 0 aromatic carbocycles. The van der Waals surface area contributed by atoms with E-state index in [-0.39, 0.29) is 6.61 Å². The quantitative estimate of drug-likeness (QED) is 0.557. The first kappa shape index (κ1) is 15.0. The summed E-state index contributed by atoms with van der Waals surface area (Å²) in [7, 11) is 0. The van der Waals surface area contributed by atoms with Crippen LogP contribution in [0.15, 0.2) is 12.7 Å². The van der Waals surface area contributed by atoms with Crippen molar-refractivity contribution in [3.8, 4) is 0 Å². The van der Waals surface area contributed by atoms with Crippen molar-refractivity contribution in [1.82, 2.24) is 0 Å². The van der Waals surface area contributed by atoms with Gasteiger partial charge in [-0.25, -0.2) is 9.59 Å². The summed E-state index contributed by atoms with van der Waals surface area (Å²) in [5, 5.41) is 7.60. The molecule has 0 bridgehead atoms. The van der Waals surface area contributed by atoms with Gasteiger partial charge in [-0.3, -0.25) is 0 Å². The third-order valence-electron chi connectivity index (χ3n) is 0.682. The summed E-state index contributed by atoms with van der Waals surface area (Å²) in [6.07, 6.45) is -4.02. The van der Waals surface area contributed by atoms with Gasteiger partial charge in [-0.2, -0.15) is 13.2 Å². The third kappa shape index (κ3) is 10.5. The van der Waals surface area contributed by atoms with E-state index in [0.717, 1.165) is 6.08 Å². The van der Waals surface area contributed by atoms with Gasteiger partial charge in [-0.15, -0.1) is 0 Å². The van der Waals surface area contributed by atoms with Gasteiger partial charge in [-0.1, -0.05) is 6.58 Å². The van der Waals surface area contributed by atoms with Crippen molar-refractivity contribution in [2.75, 3.05) is 6.61 Å².